The molecule has 7 nitrogen and oxygen atoms in total. The molecule has 1 N–H and O–H groups in total. The van der Waals surface area contributed by atoms with Gasteiger partial charge in [0, 0.05) is 19.6 Å². The van der Waals surface area contributed by atoms with Gasteiger partial charge in [-0.25, -0.2) is 0 Å². The Bertz CT molecular complexity index is 879. The topological polar surface area (TPSA) is 79.0 Å². The number of benzene rings is 2. The van der Waals surface area contributed by atoms with E-state index in [9.17, 15) is 14.4 Å². The quantitative estimate of drug-likeness (QED) is 0.774. The maximum absolute atomic E-state index is 12.4. The van der Waals surface area contributed by atoms with E-state index < -0.39 is 11.8 Å². The zero-order chi connectivity index (χ0) is 20.1. The highest BCUT2D eigenvalue weighted by Gasteiger charge is 2.33. The monoisotopic (exact) mass is 381 g/mol. The Kier molecular flexibility index (Phi) is 5.93. The number of amides is 3. The van der Waals surface area contributed by atoms with Crippen LogP contribution in [0.2, 0.25) is 0 Å². The number of nitrogens with zero attached hydrogens (tertiary/aromatic N) is 2. The molecule has 1 saturated heterocycles. The van der Waals surface area contributed by atoms with Crippen LogP contribution in [-0.2, 0) is 20.9 Å². The van der Waals surface area contributed by atoms with Crippen molar-refractivity contribution in [1.29, 1.82) is 0 Å². The molecule has 0 spiro atoms. The van der Waals surface area contributed by atoms with Gasteiger partial charge in [-0.15, -0.1) is 0 Å². The van der Waals surface area contributed by atoms with E-state index in [1.54, 1.807) is 24.3 Å². The van der Waals surface area contributed by atoms with E-state index in [1.165, 1.54) is 16.9 Å². The summed E-state index contributed by atoms with van der Waals surface area (Å²) in [5.41, 5.74) is 2.62. The number of piperazine rings is 1. The number of aryl methyl sites for hydroxylation is 1. The highest BCUT2D eigenvalue weighted by atomic mass is 16.5. The van der Waals surface area contributed by atoms with E-state index in [1.807, 2.05) is 31.2 Å². The summed E-state index contributed by atoms with van der Waals surface area (Å²) in [7, 11) is 1.51. The van der Waals surface area contributed by atoms with Crippen LogP contribution < -0.4 is 10.1 Å². The second-order valence-corrected chi connectivity index (χ2v) is 6.69. The Hall–Kier alpha value is -3.35. The van der Waals surface area contributed by atoms with Crippen LogP contribution in [0.1, 0.15) is 11.1 Å². The summed E-state index contributed by atoms with van der Waals surface area (Å²) >= 11 is 0. The Balaban J connectivity index is 1.58. The van der Waals surface area contributed by atoms with Gasteiger partial charge >= 0.3 is 11.8 Å². The fourth-order valence-corrected chi connectivity index (χ4v) is 3.04. The van der Waals surface area contributed by atoms with Crippen LogP contribution in [0.4, 0.5) is 5.69 Å². The summed E-state index contributed by atoms with van der Waals surface area (Å²) in [4.78, 5) is 40.0. The van der Waals surface area contributed by atoms with Crippen molar-refractivity contribution in [2.45, 2.75) is 13.5 Å². The third kappa shape index (κ3) is 4.49. The van der Waals surface area contributed by atoms with Crippen LogP contribution in [0, 0.1) is 6.92 Å². The number of anilines is 1. The van der Waals surface area contributed by atoms with Crippen molar-refractivity contribution >= 4 is 23.4 Å². The molecule has 1 fully saturated rings. The highest BCUT2D eigenvalue weighted by molar-refractivity contribution is 6.35. The van der Waals surface area contributed by atoms with Gasteiger partial charge in [0.25, 0.3) is 0 Å². The minimum atomic E-state index is -0.659. The van der Waals surface area contributed by atoms with Crippen molar-refractivity contribution in [1.82, 2.24) is 9.80 Å². The molecule has 0 atom stereocenters. The smallest absolute Gasteiger partial charge is 0.312 e. The second kappa shape index (κ2) is 8.56. The minimum absolute atomic E-state index is 0.180. The summed E-state index contributed by atoms with van der Waals surface area (Å²) in [5, 5.41) is 2.72. The number of hydrogen-bond donors (Lipinski definition) is 1. The number of ether oxygens (including phenoxy) is 1. The highest BCUT2D eigenvalue weighted by Crippen LogP contribution is 2.23. The average molecular weight is 381 g/mol. The Labute approximate surface area is 163 Å². The second-order valence-electron chi connectivity index (χ2n) is 6.69. The molecular formula is C21H23N3O4. The Morgan fingerprint density at radius 2 is 1.64 bits per heavy atom. The number of hydrogen-bond acceptors (Lipinski definition) is 4. The third-order valence-electron chi connectivity index (χ3n) is 4.61. The number of carbonyl (C=O) groups excluding carboxylic acids is 3. The summed E-state index contributed by atoms with van der Waals surface area (Å²) in [6.07, 6.45) is 0. The van der Waals surface area contributed by atoms with Crippen molar-refractivity contribution in [3.63, 3.8) is 0 Å². The molecule has 0 radical (unpaired) electrons. The first-order valence-corrected chi connectivity index (χ1v) is 9.04. The maximum Gasteiger partial charge on any atom is 0.312 e. The zero-order valence-corrected chi connectivity index (χ0v) is 16.0. The lowest BCUT2D eigenvalue weighted by molar-refractivity contribution is -0.157. The summed E-state index contributed by atoms with van der Waals surface area (Å²) in [6.45, 7) is 2.90. The van der Waals surface area contributed by atoms with Gasteiger partial charge in [-0.3, -0.25) is 14.4 Å². The Morgan fingerprint density at radius 1 is 1.00 bits per heavy atom. The molecule has 28 heavy (non-hydrogen) atoms. The van der Waals surface area contributed by atoms with Crippen LogP contribution in [0.3, 0.4) is 0 Å². The minimum Gasteiger partial charge on any atom is -0.495 e. The third-order valence-corrected chi connectivity index (χ3v) is 4.61. The SMILES string of the molecule is COc1ccccc1NC(=O)CN1CCN(Cc2ccc(C)cc2)C(=O)C1=O. The van der Waals surface area contributed by atoms with E-state index in [2.05, 4.69) is 5.32 Å². The number of nitrogens with one attached hydrogen (secondary N) is 1. The van der Waals surface area contributed by atoms with E-state index in [0.717, 1.165) is 11.1 Å². The van der Waals surface area contributed by atoms with Crippen molar-refractivity contribution in [3.05, 3.63) is 59.7 Å². The fourth-order valence-electron chi connectivity index (χ4n) is 3.04. The van der Waals surface area contributed by atoms with Crippen molar-refractivity contribution in [3.8, 4) is 5.75 Å². The molecule has 146 valence electrons. The maximum atomic E-state index is 12.4. The molecule has 0 unspecified atom stereocenters. The number of para-hydroxylation sites is 2. The summed E-state index contributed by atoms with van der Waals surface area (Å²) < 4.78 is 5.20. The lowest BCUT2D eigenvalue weighted by Gasteiger charge is -2.33. The molecule has 0 aromatic heterocycles. The number of methoxy groups -OCH3 is 1. The van der Waals surface area contributed by atoms with E-state index >= 15 is 0 Å². The van der Waals surface area contributed by atoms with Crippen molar-refractivity contribution < 1.29 is 19.1 Å². The molecule has 2 aromatic carbocycles. The molecule has 7 heteroatoms. The van der Waals surface area contributed by atoms with Crippen LogP contribution >= 0.6 is 0 Å². The number of rotatable bonds is 6. The standard InChI is InChI=1S/C21H23N3O4/c1-15-7-9-16(10-8-15)13-23-11-12-24(21(27)20(23)26)14-19(25)22-17-5-3-4-6-18(17)28-2/h3-10H,11-14H2,1-2H3,(H,22,25). The summed E-state index contributed by atoms with van der Waals surface area (Å²) in [6, 6.07) is 14.8. The van der Waals surface area contributed by atoms with E-state index in [0.29, 0.717) is 31.1 Å². The van der Waals surface area contributed by atoms with Gasteiger partial charge in [-0.05, 0) is 24.6 Å². The van der Waals surface area contributed by atoms with Crippen LogP contribution in [0.25, 0.3) is 0 Å². The van der Waals surface area contributed by atoms with Gasteiger partial charge in [-0.2, -0.15) is 0 Å². The summed E-state index contributed by atoms with van der Waals surface area (Å²) in [5.74, 6) is -1.09. The molecule has 0 aliphatic carbocycles. The molecule has 2 aromatic rings. The van der Waals surface area contributed by atoms with Crippen molar-refractivity contribution in [2.24, 2.45) is 0 Å². The van der Waals surface area contributed by atoms with Crippen molar-refractivity contribution in [2.75, 3.05) is 32.1 Å². The molecule has 3 amide bonds. The van der Waals surface area contributed by atoms with Crippen LogP contribution in [0.5, 0.6) is 5.75 Å². The predicted molar refractivity (Wildman–Crippen MR) is 105 cm³/mol. The molecule has 0 bridgehead atoms. The van der Waals surface area contributed by atoms with Gasteiger partial charge in [0.15, 0.2) is 0 Å². The predicted octanol–water partition coefficient (Wildman–Crippen LogP) is 1.81. The van der Waals surface area contributed by atoms with Crippen LogP contribution in [-0.4, -0.2) is 54.3 Å². The van der Waals surface area contributed by atoms with Gasteiger partial charge in [-0.1, -0.05) is 42.0 Å². The first-order chi connectivity index (χ1) is 13.5. The van der Waals surface area contributed by atoms with Gasteiger partial charge in [0.2, 0.25) is 5.91 Å². The van der Waals surface area contributed by atoms with Crippen LogP contribution in [0.15, 0.2) is 48.5 Å². The first-order valence-electron chi connectivity index (χ1n) is 9.04. The van der Waals surface area contributed by atoms with E-state index in [4.69, 9.17) is 4.74 Å². The first kappa shape index (κ1) is 19.4. The Morgan fingerprint density at radius 3 is 2.36 bits per heavy atom. The van der Waals surface area contributed by atoms with E-state index in [-0.39, 0.29) is 12.5 Å². The van der Waals surface area contributed by atoms with Gasteiger partial charge in [0.1, 0.15) is 12.3 Å². The average Bonchev–Trinajstić information content (AvgIpc) is 2.69. The number of carbonyl (C=O) groups is 3. The van der Waals surface area contributed by atoms with Gasteiger partial charge in [0.05, 0.1) is 12.8 Å². The molecule has 1 aliphatic rings. The molecule has 1 aliphatic heterocycles. The molecule has 1 heterocycles. The zero-order valence-electron chi connectivity index (χ0n) is 16.0. The molecule has 3 rings (SSSR count). The molecular weight excluding hydrogens is 358 g/mol. The largest absolute Gasteiger partial charge is 0.495 e. The van der Waals surface area contributed by atoms with Gasteiger partial charge < -0.3 is 19.9 Å². The molecule has 0 saturated carbocycles. The lowest BCUT2D eigenvalue weighted by atomic mass is 10.1. The lowest BCUT2D eigenvalue weighted by Crippen LogP contribution is -2.55. The normalized spacial score (nSPS) is 14.2. The fraction of sp³-hybridized carbons (Fsp3) is 0.286.